The smallest absolute Gasteiger partial charge is 0.407 e. The van der Waals surface area contributed by atoms with Crippen molar-refractivity contribution in [1.29, 1.82) is 0 Å². The molecule has 0 atom stereocenters. The monoisotopic (exact) mass is 341 g/mol. The summed E-state index contributed by atoms with van der Waals surface area (Å²) < 4.78 is 0.950. The molecular weight excluding hydrogens is 326 g/mol. The Labute approximate surface area is 125 Å². The third-order valence-electron chi connectivity index (χ3n) is 3.90. The Morgan fingerprint density at radius 3 is 2.15 bits per heavy atom. The van der Waals surface area contributed by atoms with E-state index >= 15 is 0 Å². The third-order valence-corrected chi connectivity index (χ3v) is 4.43. The molecule has 6 heteroatoms. The van der Waals surface area contributed by atoms with Crippen LogP contribution in [0.4, 0.5) is 4.79 Å². The van der Waals surface area contributed by atoms with Gasteiger partial charge >= 0.3 is 12.1 Å². The zero-order chi connectivity index (χ0) is 14.8. The summed E-state index contributed by atoms with van der Waals surface area (Å²) in [6.45, 7) is 0.552. The van der Waals surface area contributed by atoms with Crippen molar-refractivity contribution in [3.63, 3.8) is 0 Å². The lowest BCUT2D eigenvalue weighted by Crippen LogP contribution is -2.47. The number of rotatable bonds is 3. The van der Waals surface area contributed by atoms with Crippen LogP contribution in [-0.2, 0) is 11.2 Å². The van der Waals surface area contributed by atoms with E-state index in [4.69, 9.17) is 5.11 Å². The topological polar surface area (TPSA) is 77.8 Å². The number of piperidine rings is 1. The van der Waals surface area contributed by atoms with Crippen molar-refractivity contribution >= 4 is 28.0 Å². The Bertz CT molecular complexity index is 506. The average molecular weight is 342 g/mol. The van der Waals surface area contributed by atoms with Crippen LogP contribution < -0.4 is 0 Å². The van der Waals surface area contributed by atoms with Gasteiger partial charge in [-0.2, -0.15) is 0 Å². The molecule has 1 aliphatic heterocycles. The van der Waals surface area contributed by atoms with Gasteiger partial charge in [0.25, 0.3) is 0 Å². The quantitative estimate of drug-likeness (QED) is 0.886. The second-order valence-electron chi connectivity index (χ2n) is 5.16. The van der Waals surface area contributed by atoms with Crippen LogP contribution in [0.1, 0.15) is 18.4 Å². The maximum absolute atomic E-state index is 11.6. The summed E-state index contributed by atoms with van der Waals surface area (Å²) in [4.78, 5) is 23.8. The number of carboxylic acids is 1. The van der Waals surface area contributed by atoms with Crippen molar-refractivity contribution in [3.05, 3.63) is 34.3 Å². The van der Waals surface area contributed by atoms with Gasteiger partial charge < -0.3 is 15.1 Å². The van der Waals surface area contributed by atoms with E-state index in [1.807, 2.05) is 24.3 Å². The fourth-order valence-corrected chi connectivity index (χ4v) is 2.85. The van der Waals surface area contributed by atoms with Gasteiger partial charge in [0, 0.05) is 17.6 Å². The number of nitrogens with zero attached hydrogens (tertiary/aromatic N) is 1. The van der Waals surface area contributed by atoms with Crippen molar-refractivity contribution < 1.29 is 19.8 Å². The number of benzene rings is 1. The van der Waals surface area contributed by atoms with Gasteiger partial charge in [-0.15, -0.1) is 0 Å². The summed E-state index contributed by atoms with van der Waals surface area (Å²) in [5.74, 6) is -0.842. The number of aliphatic carboxylic acids is 1. The van der Waals surface area contributed by atoms with Crippen LogP contribution in [0.2, 0.25) is 0 Å². The minimum absolute atomic E-state index is 0.276. The van der Waals surface area contributed by atoms with Crippen LogP contribution in [0.15, 0.2) is 28.7 Å². The van der Waals surface area contributed by atoms with E-state index in [2.05, 4.69) is 15.9 Å². The molecule has 0 aromatic heterocycles. The van der Waals surface area contributed by atoms with Crippen LogP contribution in [0, 0.1) is 5.41 Å². The van der Waals surface area contributed by atoms with E-state index in [0.29, 0.717) is 19.3 Å². The first-order chi connectivity index (χ1) is 9.43. The first kappa shape index (κ1) is 14.8. The van der Waals surface area contributed by atoms with Crippen LogP contribution in [0.25, 0.3) is 0 Å². The van der Waals surface area contributed by atoms with Crippen molar-refractivity contribution in [3.8, 4) is 0 Å². The van der Waals surface area contributed by atoms with Crippen LogP contribution in [-0.4, -0.2) is 40.3 Å². The van der Waals surface area contributed by atoms with Gasteiger partial charge in [-0.05, 0) is 37.0 Å². The van der Waals surface area contributed by atoms with Gasteiger partial charge in [-0.3, -0.25) is 4.79 Å². The van der Waals surface area contributed by atoms with E-state index < -0.39 is 17.5 Å². The Kier molecular flexibility index (Phi) is 4.32. The highest BCUT2D eigenvalue weighted by Crippen LogP contribution is 2.35. The van der Waals surface area contributed by atoms with Gasteiger partial charge in [0.2, 0.25) is 0 Å². The zero-order valence-corrected chi connectivity index (χ0v) is 12.5. The summed E-state index contributed by atoms with van der Waals surface area (Å²) in [7, 11) is 0. The molecule has 5 nitrogen and oxygen atoms in total. The summed E-state index contributed by atoms with van der Waals surface area (Å²) >= 11 is 3.35. The molecule has 1 fully saturated rings. The molecule has 1 heterocycles. The average Bonchev–Trinajstić information content (AvgIpc) is 2.42. The van der Waals surface area contributed by atoms with Crippen LogP contribution >= 0.6 is 15.9 Å². The summed E-state index contributed by atoms with van der Waals surface area (Å²) in [6.07, 6.45) is 0.158. The molecular formula is C14H16BrNO4. The number of carbonyl (C=O) groups is 2. The number of hydrogen-bond acceptors (Lipinski definition) is 2. The number of likely N-dealkylation sites (tertiary alicyclic amines) is 1. The molecule has 0 radical (unpaired) electrons. The number of halogens is 1. The van der Waals surface area contributed by atoms with Gasteiger partial charge in [-0.1, -0.05) is 28.1 Å². The molecule has 1 aliphatic rings. The summed E-state index contributed by atoms with van der Waals surface area (Å²) in [5, 5.41) is 18.5. The molecule has 2 rings (SSSR count). The van der Waals surface area contributed by atoms with Gasteiger partial charge in [0.05, 0.1) is 5.41 Å². The molecule has 0 bridgehead atoms. The first-order valence-corrected chi connectivity index (χ1v) is 7.18. The minimum Gasteiger partial charge on any atom is -0.481 e. The van der Waals surface area contributed by atoms with Crippen molar-refractivity contribution in [1.82, 2.24) is 4.90 Å². The fourth-order valence-electron chi connectivity index (χ4n) is 2.59. The summed E-state index contributed by atoms with van der Waals surface area (Å²) in [6, 6.07) is 7.57. The van der Waals surface area contributed by atoms with Crippen molar-refractivity contribution in [2.45, 2.75) is 19.3 Å². The van der Waals surface area contributed by atoms with Crippen molar-refractivity contribution in [2.24, 2.45) is 5.41 Å². The lowest BCUT2D eigenvalue weighted by Gasteiger charge is -2.37. The Balaban J connectivity index is 2.13. The molecule has 1 amide bonds. The van der Waals surface area contributed by atoms with Gasteiger partial charge in [0.1, 0.15) is 0 Å². The van der Waals surface area contributed by atoms with E-state index in [1.165, 1.54) is 4.90 Å². The molecule has 0 unspecified atom stereocenters. The maximum atomic E-state index is 11.6. The minimum atomic E-state index is -0.979. The van der Waals surface area contributed by atoms with Crippen LogP contribution in [0.3, 0.4) is 0 Å². The number of hydrogen-bond donors (Lipinski definition) is 2. The van der Waals surface area contributed by atoms with E-state index in [-0.39, 0.29) is 13.1 Å². The van der Waals surface area contributed by atoms with Gasteiger partial charge in [-0.25, -0.2) is 4.79 Å². The van der Waals surface area contributed by atoms with Crippen molar-refractivity contribution in [2.75, 3.05) is 13.1 Å². The highest BCUT2D eigenvalue weighted by atomic mass is 79.9. The molecule has 0 saturated carbocycles. The highest BCUT2D eigenvalue weighted by Gasteiger charge is 2.42. The molecule has 1 aromatic rings. The summed E-state index contributed by atoms with van der Waals surface area (Å²) in [5.41, 5.74) is 0.0964. The molecule has 0 aliphatic carbocycles. The van der Waals surface area contributed by atoms with E-state index in [0.717, 1.165) is 10.0 Å². The maximum Gasteiger partial charge on any atom is 0.407 e. The zero-order valence-electron chi connectivity index (χ0n) is 10.9. The molecule has 1 aromatic carbocycles. The Hall–Kier alpha value is -1.56. The molecule has 1 saturated heterocycles. The molecule has 2 N–H and O–H groups in total. The number of carboxylic acid groups (broad SMARTS) is 2. The first-order valence-electron chi connectivity index (χ1n) is 6.39. The SMILES string of the molecule is O=C(O)N1CCC(Cc2ccc(Br)cc2)(C(=O)O)CC1. The number of amides is 1. The molecule has 20 heavy (non-hydrogen) atoms. The molecule has 0 spiro atoms. The highest BCUT2D eigenvalue weighted by molar-refractivity contribution is 9.10. The lowest BCUT2D eigenvalue weighted by molar-refractivity contribution is -0.151. The lowest BCUT2D eigenvalue weighted by atomic mass is 9.74. The fraction of sp³-hybridized carbons (Fsp3) is 0.429. The predicted octanol–water partition coefficient (Wildman–Crippen LogP) is 2.84. The standard InChI is InChI=1S/C14H16BrNO4/c15-11-3-1-10(2-4-11)9-14(12(17)18)5-7-16(8-6-14)13(19)20/h1-4H,5-9H2,(H,17,18)(H,19,20). The Morgan fingerprint density at radius 2 is 1.70 bits per heavy atom. The second-order valence-corrected chi connectivity index (χ2v) is 6.07. The Morgan fingerprint density at radius 1 is 1.15 bits per heavy atom. The molecule has 108 valence electrons. The predicted molar refractivity (Wildman–Crippen MR) is 76.7 cm³/mol. The normalized spacial score (nSPS) is 17.8. The van der Waals surface area contributed by atoms with Gasteiger partial charge in [0.15, 0.2) is 0 Å². The second kappa shape index (κ2) is 5.83. The third kappa shape index (κ3) is 3.12. The van der Waals surface area contributed by atoms with E-state index in [9.17, 15) is 14.7 Å². The van der Waals surface area contributed by atoms with Crippen LogP contribution in [0.5, 0.6) is 0 Å². The van der Waals surface area contributed by atoms with E-state index in [1.54, 1.807) is 0 Å². The largest absolute Gasteiger partial charge is 0.481 e.